The summed E-state index contributed by atoms with van der Waals surface area (Å²) in [6, 6.07) is 10.9. The van der Waals surface area contributed by atoms with Crippen LogP contribution in [0.2, 0.25) is 0 Å². The van der Waals surface area contributed by atoms with E-state index < -0.39 is 77.2 Å². The minimum Gasteiger partial charge on any atom is -0.504 e. The molecule has 0 spiro atoms. The summed E-state index contributed by atoms with van der Waals surface area (Å²) in [6.07, 6.45) is 0. The first-order valence-corrected chi connectivity index (χ1v) is 16.8. The molecule has 0 aliphatic rings. The summed E-state index contributed by atoms with van der Waals surface area (Å²) in [5.41, 5.74) is -1.25. The van der Waals surface area contributed by atoms with E-state index in [1.807, 2.05) is 0 Å². The molecular weight excluding hydrogens is 748 g/mol. The third-order valence-electron chi connectivity index (χ3n) is 5.49. The van der Waals surface area contributed by atoms with Gasteiger partial charge in [0.15, 0.2) is 5.75 Å². The second kappa shape index (κ2) is 17.8. The van der Waals surface area contributed by atoms with Gasteiger partial charge in [-0.1, -0.05) is 6.07 Å². The Kier molecular flexibility index (Phi) is 17.7. The van der Waals surface area contributed by atoms with E-state index in [1.165, 1.54) is 18.2 Å². The maximum Gasteiger partial charge on any atom is 0.298 e. The number of benzene rings is 4. The molecule has 0 unspecified atom stereocenters. The molecule has 25 heteroatoms. The molecule has 4 rings (SSSR count). The first-order valence-electron chi connectivity index (χ1n) is 11.0. The van der Waals surface area contributed by atoms with Gasteiger partial charge in [-0.15, -0.1) is 10.2 Å². The van der Waals surface area contributed by atoms with Gasteiger partial charge in [0, 0.05) is 124 Å². The minimum atomic E-state index is -5.12. The third-order valence-corrected chi connectivity index (χ3v) is 8.96. The predicted molar refractivity (Wildman–Crippen MR) is 169 cm³/mol. The Balaban J connectivity index is 0.00000529. The van der Waals surface area contributed by atoms with Crippen LogP contribution in [-0.2, 0) is 40.5 Å². The number of phenols is 1. The maximum atomic E-state index is 12.1. The third kappa shape index (κ3) is 11.9. The predicted octanol–water partition coefficient (Wildman–Crippen LogP) is 2.84. The van der Waals surface area contributed by atoms with E-state index >= 15 is 0 Å². The van der Waals surface area contributed by atoms with Crippen LogP contribution < -0.4 is 0 Å². The molecule has 4 radical (unpaired) electrons. The van der Waals surface area contributed by atoms with Crippen molar-refractivity contribution < 1.29 is 57.0 Å². The van der Waals surface area contributed by atoms with Crippen molar-refractivity contribution in [2.45, 2.75) is 19.6 Å². The van der Waals surface area contributed by atoms with E-state index in [0.717, 1.165) is 42.5 Å². The van der Waals surface area contributed by atoms with Crippen molar-refractivity contribution >= 4 is 192 Å². The molecule has 0 saturated heterocycles. The molecular formula is C22H16N4Na4O13S4. The summed E-state index contributed by atoms with van der Waals surface area (Å²) in [4.78, 5) is -3.05. The molecule has 0 aliphatic carbocycles. The fraction of sp³-hybridized carbons (Fsp3) is 0. The van der Waals surface area contributed by atoms with Gasteiger partial charge in [0.05, 0.1) is 21.2 Å². The van der Waals surface area contributed by atoms with Crippen molar-refractivity contribution in [1.82, 2.24) is 0 Å². The maximum absolute atomic E-state index is 12.1. The Morgan fingerprint density at radius 1 is 0.468 bits per heavy atom. The average molecular weight is 765 g/mol. The average Bonchev–Trinajstić information content (AvgIpc) is 2.89. The largest absolute Gasteiger partial charge is 0.504 e. The smallest absolute Gasteiger partial charge is 0.298 e. The SMILES string of the molecule is O=S(=O)(O)c1ccc(N=Nc2ccc(N=Nc3c(O)c(S(=O)(=O)O)cc4cc(S(=O)(=O)O)ccc34)c(S(=O)(=O)O)c2)cc1.[Na].[Na].[Na].[Na]. The van der Waals surface area contributed by atoms with Gasteiger partial charge in [-0.25, -0.2) is 0 Å². The van der Waals surface area contributed by atoms with Gasteiger partial charge in [-0.05, 0) is 66.0 Å². The van der Waals surface area contributed by atoms with Gasteiger partial charge < -0.3 is 5.11 Å². The van der Waals surface area contributed by atoms with Crippen LogP contribution in [0.1, 0.15) is 0 Å². The fourth-order valence-corrected chi connectivity index (χ4v) is 5.80. The van der Waals surface area contributed by atoms with Crippen molar-refractivity contribution in [2.24, 2.45) is 20.5 Å². The number of hydrogen-bond donors (Lipinski definition) is 5. The summed E-state index contributed by atoms with van der Waals surface area (Å²) in [7, 11) is -19.3. The molecule has 0 heterocycles. The Labute approximate surface area is 356 Å². The second-order valence-electron chi connectivity index (χ2n) is 8.40. The number of nitrogens with zero attached hydrogens (tertiary/aromatic N) is 4. The normalized spacial score (nSPS) is 12.2. The molecule has 47 heavy (non-hydrogen) atoms. The van der Waals surface area contributed by atoms with Crippen molar-refractivity contribution in [3.63, 3.8) is 0 Å². The van der Waals surface area contributed by atoms with Gasteiger partial charge >= 0.3 is 0 Å². The molecule has 0 aromatic heterocycles. The topological polar surface area (TPSA) is 287 Å². The molecule has 0 atom stereocenters. The molecule has 0 bridgehead atoms. The van der Waals surface area contributed by atoms with E-state index in [9.17, 15) is 52.4 Å². The van der Waals surface area contributed by atoms with Gasteiger partial charge in [0.1, 0.15) is 21.2 Å². The number of phenolic OH excluding ortho intramolecular Hbond substituents is 1. The van der Waals surface area contributed by atoms with Gasteiger partial charge in [0.25, 0.3) is 40.5 Å². The zero-order valence-electron chi connectivity index (χ0n) is 24.8. The Morgan fingerprint density at radius 2 is 0.957 bits per heavy atom. The van der Waals surface area contributed by atoms with Crippen molar-refractivity contribution in [3.05, 3.63) is 66.7 Å². The molecule has 0 fully saturated rings. The van der Waals surface area contributed by atoms with Crippen LogP contribution in [0.5, 0.6) is 5.75 Å². The minimum absolute atomic E-state index is 0. The molecule has 4 aromatic rings. The molecule has 4 aromatic carbocycles. The Hall–Kier alpha value is -0.220. The molecule has 0 saturated carbocycles. The van der Waals surface area contributed by atoms with Crippen LogP contribution in [0.3, 0.4) is 0 Å². The summed E-state index contributed by atoms with van der Waals surface area (Å²) >= 11 is 0. The quantitative estimate of drug-likeness (QED) is 0.0981. The van der Waals surface area contributed by atoms with Crippen LogP contribution in [0.4, 0.5) is 22.7 Å². The monoisotopic (exact) mass is 764 g/mol. The van der Waals surface area contributed by atoms with Gasteiger partial charge in [-0.2, -0.15) is 43.9 Å². The summed E-state index contributed by atoms with van der Waals surface area (Å²) in [5.74, 6) is -1.14. The summed E-state index contributed by atoms with van der Waals surface area (Å²) in [6.45, 7) is 0. The second-order valence-corrected chi connectivity index (χ2v) is 14.0. The van der Waals surface area contributed by atoms with Crippen molar-refractivity contribution in [2.75, 3.05) is 0 Å². The number of hydrogen-bond acceptors (Lipinski definition) is 13. The first-order chi connectivity index (χ1) is 19.7. The number of azo groups is 2. The fourth-order valence-electron chi connectivity index (χ4n) is 3.55. The zero-order valence-corrected chi connectivity index (χ0v) is 36.0. The molecule has 0 aliphatic heterocycles. The molecule has 5 N–H and O–H groups in total. The van der Waals surface area contributed by atoms with E-state index in [2.05, 4.69) is 20.5 Å². The Bertz CT molecular complexity index is 2310. The van der Waals surface area contributed by atoms with Gasteiger partial charge in [0.2, 0.25) is 0 Å². The summed E-state index contributed by atoms with van der Waals surface area (Å²) < 4.78 is 131. The first kappa shape index (κ1) is 46.8. The number of aromatic hydroxyl groups is 1. The van der Waals surface area contributed by atoms with Crippen LogP contribution in [-0.4, -0.2) is 175 Å². The van der Waals surface area contributed by atoms with Crippen LogP contribution in [0, 0.1) is 0 Å². The molecule has 17 nitrogen and oxygen atoms in total. The van der Waals surface area contributed by atoms with Crippen LogP contribution in [0.15, 0.2) is 107 Å². The van der Waals surface area contributed by atoms with Crippen LogP contribution >= 0.6 is 0 Å². The standard InChI is InChI=1S/C22H16N4O13S4.4Na/c27-22-20(43(37,38)39)10-12-9-16(41(31,32)33)6-7-17(12)21(22)26-25-18-8-3-14(11-19(18)42(34,35)36)24-23-13-1-4-15(5-2-13)40(28,29)30;;;;/h1-11,27H,(H,28,29,30)(H,31,32,33)(H,34,35,36)(H,37,38,39);;;;. The van der Waals surface area contributed by atoms with Crippen molar-refractivity contribution in [1.29, 1.82) is 0 Å². The zero-order chi connectivity index (χ0) is 32.0. The van der Waals surface area contributed by atoms with E-state index in [1.54, 1.807) is 0 Å². The summed E-state index contributed by atoms with van der Waals surface area (Å²) in [5, 5.41) is 25.1. The number of fused-ring (bicyclic) bond motifs is 1. The van der Waals surface area contributed by atoms with E-state index in [-0.39, 0.29) is 140 Å². The number of rotatable bonds is 8. The van der Waals surface area contributed by atoms with E-state index in [0.29, 0.717) is 6.07 Å². The van der Waals surface area contributed by atoms with Crippen molar-refractivity contribution in [3.8, 4) is 5.75 Å². The molecule has 230 valence electrons. The van der Waals surface area contributed by atoms with Gasteiger partial charge in [-0.3, -0.25) is 18.2 Å². The van der Waals surface area contributed by atoms with E-state index in [4.69, 9.17) is 4.55 Å². The Morgan fingerprint density at radius 3 is 1.47 bits per heavy atom. The molecule has 0 amide bonds. The van der Waals surface area contributed by atoms with Crippen LogP contribution in [0.25, 0.3) is 10.8 Å².